The van der Waals surface area contributed by atoms with Crippen LogP contribution in [0.2, 0.25) is 0 Å². The molecule has 8 heteroatoms. The van der Waals surface area contributed by atoms with Gasteiger partial charge in [-0.1, -0.05) is 54.6 Å². The Kier molecular flexibility index (Phi) is 7.79. The lowest BCUT2D eigenvalue weighted by molar-refractivity contribution is -0.115. The number of hydrogen-bond donors (Lipinski definition) is 2. The molecule has 0 fully saturated rings. The molecule has 1 unspecified atom stereocenters. The molecule has 0 aliphatic carbocycles. The van der Waals surface area contributed by atoms with Crippen molar-refractivity contribution in [1.82, 2.24) is 4.98 Å². The van der Waals surface area contributed by atoms with Crippen LogP contribution in [0.25, 0.3) is 10.6 Å². The van der Waals surface area contributed by atoms with Crippen molar-refractivity contribution in [2.45, 2.75) is 17.1 Å². The molecule has 5 nitrogen and oxygen atoms in total. The lowest BCUT2D eigenvalue weighted by atomic mass is 10.1. The summed E-state index contributed by atoms with van der Waals surface area (Å²) in [6, 6.07) is 28.7. The van der Waals surface area contributed by atoms with Crippen molar-refractivity contribution in [2.75, 3.05) is 10.6 Å². The number of nitrogens with one attached hydrogen (secondary N) is 2. The number of carbonyl (C=O) groups excluding carboxylic acids is 2. The van der Waals surface area contributed by atoms with Crippen molar-refractivity contribution in [1.29, 1.82) is 0 Å². The molecule has 0 aliphatic rings. The average molecular weight is 542 g/mol. The van der Waals surface area contributed by atoms with Gasteiger partial charge in [-0.2, -0.15) is 0 Å². The fourth-order valence-corrected chi connectivity index (χ4v) is 6.22. The van der Waals surface area contributed by atoms with Crippen LogP contribution >= 0.6 is 34.4 Å². The summed E-state index contributed by atoms with van der Waals surface area (Å²) < 4.78 is 0. The summed E-state index contributed by atoms with van der Waals surface area (Å²) in [5.41, 5.74) is 4.03. The standard InChI is InChI=1S/C29H23N3O2S3/c1-19-8-5-6-11-23(19)27(33)30-21-13-15-22(16-14-21)37-26(20-9-3-2-4-10-20)28(34)32-29-31-24(18-36-29)25-12-7-17-35-25/h2-18,26H,1H3,(H,30,33)(H,31,32,34). The summed E-state index contributed by atoms with van der Waals surface area (Å²) in [5.74, 6) is -0.286. The van der Waals surface area contributed by atoms with Gasteiger partial charge in [-0.15, -0.1) is 34.4 Å². The van der Waals surface area contributed by atoms with Gasteiger partial charge in [0.2, 0.25) is 5.91 Å². The molecule has 184 valence electrons. The molecular formula is C29H23N3O2S3. The fraction of sp³-hybridized carbons (Fsp3) is 0.0690. The maximum absolute atomic E-state index is 13.4. The molecule has 2 aromatic heterocycles. The lowest BCUT2D eigenvalue weighted by Gasteiger charge is -2.16. The van der Waals surface area contributed by atoms with E-state index < -0.39 is 5.25 Å². The van der Waals surface area contributed by atoms with E-state index in [-0.39, 0.29) is 11.8 Å². The molecule has 0 spiro atoms. The van der Waals surface area contributed by atoms with Gasteiger partial charge in [0.15, 0.2) is 5.13 Å². The number of benzene rings is 3. The zero-order valence-electron chi connectivity index (χ0n) is 19.9. The maximum Gasteiger partial charge on any atom is 0.255 e. The van der Waals surface area contributed by atoms with E-state index in [9.17, 15) is 9.59 Å². The predicted octanol–water partition coefficient (Wildman–Crippen LogP) is 7.90. The van der Waals surface area contributed by atoms with Crippen molar-refractivity contribution in [3.8, 4) is 10.6 Å². The molecule has 37 heavy (non-hydrogen) atoms. The van der Waals surface area contributed by atoms with E-state index in [0.717, 1.165) is 26.6 Å². The molecule has 1 atom stereocenters. The predicted molar refractivity (Wildman–Crippen MR) is 155 cm³/mol. The van der Waals surface area contributed by atoms with Gasteiger partial charge >= 0.3 is 0 Å². The van der Waals surface area contributed by atoms with Gasteiger partial charge in [-0.05, 0) is 59.8 Å². The van der Waals surface area contributed by atoms with E-state index in [2.05, 4.69) is 15.6 Å². The second-order valence-corrected chi connectivity index (χ2v) is 11.2. The van der Waals surface area contributed by atoms with Gasteiger partial charge in [-0.3, -0.25) is 9.59 Å². The molecule has 3 aromatic carbocycles. The number of thiophene rings is 1. The van der Waals surface area contributed by atoms with E-state index in [1.165, 1.54) is 23.1 Å². The summed E-state index contributed by atoms with van der Waals surface area (Å²) >= 11 is 4.49. The molecule has 0 saturated heterocycles. The molecule has 2 amide bonds. The highest BCUT2D eigenvalue weighted by atomic mass is 32.2. The third-order valence-electron chi connectivity index (χ3n) is 5.60. The number of aryl methyl sites for hydroxylation is 1. The van der Waals surface area contributed by atoms with Gasteiger partial charge in [-0.25, -0.2) is 4.98 Å². The first kappa shape index (κ1) is 25.0. The summed E-state index contributed by atoms with van der Waals surface area (Å²) in [6.45, 7) is 1.91. The highest BCUT2D eigenvalue weighted by Gasteiger charge is 2.23. The van der Waals surface area contributed by atoms with Gasteiger partial charge in [0.1, 0.15) is 5.25 Å². The number of nitrogens with zero attached hydrogens (tertiary/aromatic N) is 1. The largest absolute Gasteiger partial charge is 0.322 e. The van der Waals surface area contributed by atoms with Crippen LogP contribution in [0.3, 0.4) is 0 Å². The summed E-state index contributed by atoms with van der Waals surface area (Å²) in [5, 5.41) is 10.0. The summed E-state index contributed by atoms with van der Waals surface area (Å²) in [4.78, 5) is 32.6. The van der Waals surface area contributed by atoms with Gasteiger partial charge in [0, 0.05) is 21.5 Å². The van der Waals surface area contributed by atoms with E-state index in [4.69, 9.17) is 0 Å². The molecule has 2 heterocycles. The van der Waals surface area contributed by atoms with Crippen LogP contribution in [0.4, 0.5) is 10.8 Å². The third-order valence-corrected chi connectivity index (χ3v) is 8.52. The Morgan fingerprint density at radius 2 is 1.59 bits per heavy atom. The van der Waals surface area contributed by atoms with Crippen LogP contribution in [0.15, 0.2) is 107 Å². The number of aromatic nitrogens is 1. The smallest absolute Gasteiger partial charge is 0.255 e. The Hall–Kier alpha value is -3.72. The van der Waals surface area contributed by atoms with Crippen molar-refractivity contribution >= 4 is 57.1 Å². The Morgan fingerprint density at radius 1 is 0.838 bits per heavy atom. The number of thioether (sulfide) groups is 1. The van der Waals surface area contributed by atoms with Crippen LogP contribution in [0.1, 0.15) is 26.7 Å². The third kappa shape index (κ3) is 6.17. The lowest BCUT2D eigenvalue weighted by Crippen LogP contribution is -2.19. The normalized spacial score (nSPS) is 11.6. The molecule has 5 rings (SSSR count). The fourth-order valence-electron chi connectivity index (χ4n) is 3.72. The SMILES string of the molecule is Cc1ccccc1C(=O)Nc1ccc(SC(C(=O)Nc2nc(-c3cccs3)cs2)c2ccccc2)cc1. The number of hydrogen-bond acceptors (Lipinski definition) is 6. The highest BCUT2D eigenvalue weighted by molar-refractivity contribution is 8.00. The van der Waals surface area contributed by atoms with Crippen LogP contribution in [0.5, 0.6) is 0 Å². The minimum Gasteiger partial charge on any atom is -0.322 e. The summed E-state index contributed by atoms with van der Waals surface area (Å²) in [6.07, 6.45) is 0. The zero-order valence-corrected chi connectivity index (χ0v) is 22.3. The monoisotopic (exact) mass is 541 g/mol. The van der Waals surface area contributed by atoms with Crippen LogP contribution in [0, 0.1) is 6.92 Å². The van der Waals surface area contributed by atoms with Gasteiger partial charge < -0.3 is 10.6 Å². The Balaban J connectivity index is 1.30. The van der Waals surface area contributed by atoms with E-state index in [1.807, 2.05) is 109 Å². The van der Waals surface area contributed by atoms with Crippen LogP contribution in [-0.2, 0) is 4.79 Å². The second kappa shape index (κ2) is 11.6. The van der Waals surface area contributed by atoms with E-state index >= 15 is 0 Å². The molecule has 0 radical (unpaired) electrons. The summed E-state index contributed by atoms with van der Waals surface area (Å²) in [7, 11) is 0. The van der Waals surface area contributed by atoms with Crippen LogP contribution in [-0.4, -0.2) is 16.8 Å². The zero-order chi connectivity index (χ0) is 25.6. The van der Waals surface area contributed by atoms with E-state index in [1.54, 1.807) is 11.3 Å². The number of anilines is 2. The molecule has 2 N–H and O–H groups in total. The average Bonchev–Trinajstić information content (AvgIpc) is 3.61. The van der Waals surface area contributed by atoms with E-state index in [0.29, 0.717) is 16.4 Å². The highest BCUT2D eigenvalue weighted by Crippen LogP contribution is 2.37. The molecular weight excluding hydrogens is 519 g/mol. The maximum atomic E-state index is 13.4. The number of carbonyl (C=O) groups is 2. The first-order valence-electron chi connectivity index (χ1n) is 11.6. The minimum atomic E-state index is -0.470. The van der Waals surface area contributed by atoms with Crippen molar-refractivity contribution in [3.05, 3.63) is 118 Å². The number of thiazole rings is 1. The number of rotatable bonds is 8. The Labute approximate surface area is 227 Å². The van der Waals surface area contributed by atoms with Gasteiger partial charge in [0.05, 0.1) is 10.6 Å². The van der Waals surface area contributed by atoms with Crippen LogP contribution < -0.4 is 10.6 Å². The number of amides is 2. The molecule has 0 saturated carbocycles. The molecule has 0 bridgehead atoms. The Morgan fingerprint density at radius 3 is 2.32 bits per heavy atom. The van der Waals surface area contributed by atoms with Crippen molar-refractivity contribution < 1.29 is 9.59 Å². The van der Waals surface area contributed by atoms with Crippen molar-refractivity contribution in [2.24, 2.45) is 0 Å². The quantitative estimate of drug-likeness (QED) is 0.196. The minimum absolute atomic E-state index is 0.139. The second-order valence-electron chi connectivity index (χ2n) is 8.21. The Bertz CT molecular complexity index is 1500. The molecule has 0 aliphatic heterocycles. The van der Waals surface area contributed by atoms with Crippen molar-refractivity contribution in [3.63, 3.8) is 0 Å². The molecule has 5 aromatic rings. The first-order valence-corrected chi connectivity index (χ1v) is 14.2. The first-order chi connectivity index (χ1) is 18.1. The van der Waals surface area contributed by atoms with Gasteiger partial charge in [0.25, 0.3) is 5.91 Å². The topological polar surface area (TPSA) is 71.1 Å².